The van der Waals surface area contributed by atoms with Gasteiger partial charge in [-0.3, -0.25) is 5.43 Å². The lowest BCUT2D eigenvalue weighted by Crippen LogP contribution is -2.20. The van der Waals surface area contributed by atoms with Gasteiger partial charge in [-0.15, -0.1) is 0 Å². The van der Waals surface area contributed by atoms with Crippen LogP contribution >= 0.6 is 0 Å². The zero-order valence-electron chi connectivity index (χ0n) is 14.6. The molecule has 0 aliphatic heterocycles. The van der Waals surface area contributed by atoms with Crippen LogP contribution in [0.4, 0.5) is 32.0 Å². The molecular weight excluding hydrogens is 440 g/mol. The van der Waals surface area contributed by atoms with Crippen molar-refractivity contribution in [1.29, 1.82) is 5.26 Å². The van der Waals surface area contributed by atoms with E-state index < -0.39 is 50.8 Å². The number of nitrogens with zero attached hydrogens (tertiary/aromatic N) is 2. The fourth-order valence-electron chi connectivity index (χ4n) is 2.05. The number of hydrogen-bond acceptors (Lipinski definition) is 6. The van der Waals surface area contributed by atoms with Gasteiger partial charge in [0.05, 0.1) is 16.1 Å². The average molecular weight is 451 g/mol. The number of rotatable bonds is 5. The molecule has 0 saturated heterocycles. The molecule has 0 aromatic heterocycles. The van der Waals surface area contributed by atoms with Crippen LogP contribution in [0.5, 0.6) is 5.75 Å². The zero-order valence-corrected chi connectivity index (χ0v) is 15.4. The highest BCUT2D eigenvalue weighted by atomic mass is 32.2. The number of halogens is 6. The standard InChI is InChI=1S/C17H11F6N3O3S/c18-16(19,20)10-29-14-7-6-11(17(21,22)23)8-13(14)25-26-15(9-24)30(27,28)12-4-2-1-3-5-12/h1-8,25H,10H2/b26-15+. The van der Waals surface area contributed by atoms with E-state index >= 15 is 0 Å². The molecule has 2 aromatic rings. The number of ether oxygens (including phenoxy) is 1. The lowest BCUT2D eigenvalue weighted by molar-refractivity contribution is -0.153. The SMILES string of the molecule is N#C/C(=N\Nc1cc(C(F)(F)F)ccc1OCC(F)(F)F)S(=O)(=O)c1ccccc1. The molecule has 30 heavy (non-hydrogen) atoms. The number of nitriles is 1. The molecule has 0 bridgehead atoms. The number of sulfone groups is 1. The van der Waals surface area contributed by atoms with E-state index in [1.165, 1.54) is 24.3 Å². The van der Waals surface area contributed by atoms with Crippen molar-refractivity contribution in [3.63, 3.8) is 0 Å². The van der Waals surface area contributed by atoms with E-state index in [1.807, 2.05) is 5.43 Å². The molecular formula is C17H11F6N3O3S. The number of hydrazone groups is 1. The molecule has 0 amide bonds. The van der Waals surface area contributed by atoms with Gasteiger partial charge in [0.2, 0.25) is 9.84 Å². The predicted molar refractivity (Wildman–Crippen MR) is 93.3 cm³/mol. The zero-order chi connectivity index (χ0) is 22.6. The molecule has 2 rings (SSSR count). The average Bonchev–Trinajstić information content (AvgIpc) is 2.66. The van der Waals surface area contributed by atoms with Crippen molar-refractivity contribution in [1.82, 2.24) is 0 Å². The maximum absolute atomic E-state index is 12.9. The highest BCUT2D eigenvalue weighted by Crippen LogP contribution is 2.35. The van der Waals surface area contributed by atoms with E-state index in [4.69, 9.17) is 5.26 Å². The van der Waals surface area contributed by atoms with E-state index in [-0.39, 0.29) is 4.90 Å². The van der Waals surface area contributed by atoms with Crippen molar-refractivity contribution >= 4 is 20.6 Å². The predicted octanol–water partition coefficient (Wildman–Crippen LogP) is 4.37. The van der Waals surface area contributed by atoms with Crippen molar-refractivity contribution in [3.8, 4) is 11.8 Å². The Balaban J connectivity index is 2.44. The molecule has 0 fully saturated rings. The lowest BCUT2D eigenvalue weighted by Gasteiger charge is -2.15. The summed E-state index contributed by atoms with van der Waals surface area (Å²) in [7, 11) is -4.42. The minimum Gasteiger partial charge on any atom is -0.482 e. The van der Waals surface area contributed by atoms with Crippen molar-refractivity contribution in [3.05, 3.63) is 54.1 Å². The van der Waals surface area contributed by atoms with Gasteiger partial charge >= 0.3 is 12.4 Å². The molecule has 0 atom stereocenters. The Kier molecular flexibility index (Phi) is 6.61. The second-order valence-electron chi connectivity index (χ2n) is 5.57. The smallest absolute Gasteiger partial charge is 0.422 e. The number of alkyl halides is 6. The molecule has 0 saturated carbocycles. The molecule has 0 spiro atoms. The Bertz CT molecular complexity index is 1070. The molecule has 0 radical (unpaired) electrons. The maximum Gasteiger partial charge on any atom is 0.422 e. The monoisotopic (exact) mass is 451 g/mol. The van der Waals surface area contributed by atoms with Gasteiger partial charge in [-0.05, 0) is 30.3 Å². The summed E-state index contributed by atoms with van der Waals surface area (Å²) in [4.78, 5) is -0.315. The second-order valence-corrected chi connectivity index (χ2v) is 7.43. The van der Waals surface area contributed by atoms with Crippen LogP contribution in [0.2, 0.25) is 0 Å². The molecule has 0 aliphatic rings. The Morgan fingerprint density at radius 3 is 2.23 bits per heavy atom. The number of anilines is 1. The van der Waals surface area contributed by atoms with Crippen molar-refractivity contribution in [2.75, 3.05) is 12.0 Å². The first-order valence-corrected chi connectivity index (χ1v) is 9.27. The first-order chi connectivity index (χ1) is 13.8. The summed E-state index contributed by atoms with van der Waals surface area (Å²) in [6, 6.07) is 9.31. The van der Waals surface area contributed by atoms with Crippen LogP contribution in [-0.4, -0.2) is 26.2 Å². The first-order valence-electron chi connectivity index (χ1n) is 7.79. The van der Waals surface area contributed by atoms with E-state index in [2.05, 4.69) is 9.84 Å². The third kappa shape index (κ3) is 5.86. The Morgan fingerprint density at radius 2 is 1.70 bits per heavy atom. The third-order valence-corrected chi connectivity index (χ3v) is 4.96. The van der Waals surface area contributed by atoms with E-state index in [9.17, 15) is 34.8 Å². The van der Waals surface area contributed by atoms with Gasteiger partial charge in [-0.2, -0.15) is 36.7 Å². The quantitative estimate of drug-likeness (QED) is 0.316. The van der Waals surface area contributed by atoms with Crippen LogP contribution < -0.4 is 10.2 Å². The molecule has 13 heteroatoms. The van der Waals surface area contributed by atoms with Gasteiger partial charge in [0.15, 0.2) is 6.61 Å². The fourth-order valence-corrected chi connectivity index (χ4v) is 3.07. The van der Waals surface area contributed by atoms with Crippen molar-refractivity contribution in [2.24, 2.45) is 5.10 Å². The summed E-state index contributed by atoms with van der Waals surface area (Å²) in [6.07, 6.45) is -9.63. The summed E-state index contributed by atoms with van der Waals surface area (Å²) in [5.41, 5.74) is -0.0949. The summed E-state index contributed by atoms with van der Waals surface area (Å²) in [6.45, 7) is -1.82. The number of benzene rings is 2. The van der Waals surface area contributed by atoms with Crippen LogP contribution in [0, 0.1) is 11.3 Å². The Morgan fingerprint density at radius 1 is 1.07 bits per heavy atom. The first kappa shape index (κ1) is 23.0. The third-order valence-electron chi connectivity index (χ3n) is 3.38. The summed E-state index contributed by atoms with van der Waals surface area (Å²) in [5, 5.41) is 11.3. The summed E-state index contributed by atoms with van der Waals surface area (Å²) < 4.78 is 105. The molecule has 6 nitrogen and oxygen atoms in total. The van der Waals surface area contributed by atoms with E-state index in [1.54, 1.807) is 0 Å². The lowest BCUT2D eigenvalue weighted by atomic mass is 10.2. The van der Waals surface area contributed by atoms with Crippen LogP contribution in [0.3, 0.4) is 0 Å². The van der Waals surface area contributed by atoms with Gasteiger partial charge < -0.3 is 4.74 Å². The summed E-state index contributed by atoms with van der Waals surface area (Å²) >= 11 is 0. The topological polar surface area (TPSA) is 91.5 Å². The van der Waals surface area contributed by atoms with Gasteiger partial charge in [-0.25, -0.2) is 8.42 Å². The molecule has 1 N–H and O–H groups in total. The minimum atomic E-state index is -4.85. The van der Waals surface area contributed by atoms with Gasteiger partial charge in [0.25, 0.3) is 5.04 Å². The van der Waals surface area contributed by atoms with Gasteiger partial charge in [0.1, 0.15) is 11.8 Å². The number of nitrogens with one attached hydrogen (secondary N) is 1. The maximum atomic E-state index is 12.9. The van der Waals surface area contributed by atoms with Crippen LogP contribution in [0.25, 0.3) is 0 Å². The van der Waals surface area contributed by atoms with Crippen molar-refractivity contribution < 1.29 is 39.5 Å². The molecule has 0 unspecified atom stereocenters. The number of hydrogen-bond donors (Lipinski definition) is 1. The fraction of sp³-hybridized carbons (Fsp3) is 0.176. The molecule has 2 aromatic carbocycles. The molecule has 0 aliphatic carbocycles. The second kappa shape index (κ2) is 8.62. The van der Waals surface area contributed by atoms with E-state index in [0.29, 0.717) is 18.2 Å². The Hall–Kier alpha value is -3.27. The van der Waals surface area contributed by atoms with Crippen LogP contribution in [0.1, 0.15) is 5.56 Å². The largest absolute Gasteiger partial charge is 0.482 e. The highest BCUT2D eigenvalue weighted by Gasteiger charge is 2.33. The minimum absolute atomic E-state index is 0.315. The van der Waals surface area contributed by atoms with Crippen LogP contribution in [0.15, 0.2) is 58.5 Å². The normalized spacial score (nSPS) is 12.9. The van der Waals surface area contributed by atoms with Crippen LogP contribution in [-0.2, 0) is 16.0 Å². The van der Waals surface area contributed by atoms with Gasteiger partial charge in [-0.1, -0.05) is 18.2 Å². The summed E-state index contributed by atoms with van der Waals surface area (Å²) in [5.74, 6) is -0.682. The molecule has 160 valence electrons. The highest BCUT2D eigenvalue weighted by molar-refractivity contribution is 8.07. The van der Waals surface area contributed by atoms with Crippen molar-refractivity contribution in [2.45, 2.75) is 17.2 Å². The Labute approximate surface area is 166 Å². The molecule has 0 heterocycles. The van der Waals surface area contributed by atoms with Gasteiger partial charge in [0, 0.05) is 0 Å². The van der Waals surface area contributed by atoms with E-state index in [0.717, 1.165) is 12.1 Å².